The number of nitriles is 1. The highest BCUT2D eigenvalue weighted by Crippen LogP contribution is 2.23. The van der Waals surface area contributed by atoms with Crippen LogP contribution in [0.3, 0.4) is 0 Å². The highest BCUT2D eigenvalue weighted by molar-refractivity contribution is 7.11. The van der Waals surface area contributed by atoms with E-state index in [1.54, 1.807) is 23.7 Å². The SMILES string of the molecule is Cc1ncc(CN2CC[C@@H](Nc3nccnc3C#N)[C@H](C)C2)s1. The number of nitrogens with one attached hydrogen (secondary N) is 1. The van der Waals surface area contributed by atoms with Gasteiger partial charge in [0, 0.05) is 49.1 Å². The summed E-state index contributed by atoms with van der Waals surface area (Å²) < 4.78 is 0. The van der Waals surface area contributed by atoms with E-state index in [4.69, 9.17) is 5.26 Å². The van der Waals surface area contributed by atoms with Gasteiger partial charge < -0.3 is 5.32 Å². The van der Waals surface area contributed by atoms with Crippen LogP contribution in [0.15, 0.2) is 18.6 Å². The quantitative estimate of drug-likeness (QED) is 0.929. The average molecular weight is 328 g/mol. The topological polar surface area (TPSA) is 77.7 Å². The summed E-state index contributed by atoms with van der Waals surface area (Å²) in [5.74, 6) is 1.07. The summed E-state index contributed by atoms with van der Waals surface area (Å²) in [6, 6.07) is 2.41. The Morgan fingerprint density at radius 2 is 2.22 bits per heavy atom. The first kappa shape index (κ1) is 15.8. The molecule has 0 unspecified atom stereocenters. The lowest BCUT2D eigenvalue weighted by molar-refractivity contribution is 0.166. The van der Waals surface area contributed by atoms with Gasteiger partial charge in [-0.25, -0.2) is 15.0 Å². The Kier molecular flexibility index (Phi) is 4.84. The molecule has 3 heterocycles. The first-order valence-electron chi connectivity index (χ1n) is 7.77. The molecule has 0 aliphatic carbocycles. The molecule has 1 fully saturated rings. The Morgan fingerprint density at radius 1 is 1.39 bits per heavy atom. The molecule has 0 bridgehead atoms. The summed E-state index contributed by atoms with van der Waals surface area (Å²) >= 11 is 1.77. The maximum Gasteiger partial charge on any atom is 0.182 e. The van der Waals surface area contributed by atoms with E-state index in [2.05, 4.69) is 38.2 Å². The second-order valence-corrected chi connectivity index (χ2v) is 7.28. The molecule has 2 aromatic heterocycles. The third-order valence-corrected chi connectivity index (χ3v) is 5.06. The van der Waals surface area contributed by atoms with Gasteiger partial charge in [-0.3, -0.25) is 4.90 Å². The molecule has 1 N–H and O–H groups in total. The molecule has 6 nitrogen and oxygen atoms in total. The molecule has 1 aliphatic rings. The van der Waals surface area contributed by atoms with Crippen molar-refractivity contribution in [2.24, 2.45) is 5.92 Å². The van der Waals surface area contributed by atoms with Crippen molar-refractivity contribution in [2.45, 2.75) is 32.9 Å². The summed E-state index contributed by atoms with van der Waals surface area (Å²) in [5.41, 5.74) is 0.363. The van der Waals surface area contributed by atoms with Crippen LogP contribution in [-0.2, 0) is 6.54 Å². The predicted octanol–water partition coefficient (Wildman–Crippen LogP) is 2.44. The molecular weight excluding hydrogens is 308 g/mol. The molecule has 0 spiro atoms. The maximum atomic E-state index is 9.12. The zero-order chi connectivity index (χ0) is 16.2. The van der Waals surface area contributed by atoms with Crippen LogP contribution in [0.5, 0.6) is 0 Å². The van der Waals surface area contributed by atoms with Gasteiger partial charge in [0.1, 0.15) is 6.07 Å². The molecule has 120 valence electrons. The van der Waals surface area contributed by atoms with Gasteiger partial charge in [0.2, 0.25) is 0 Å². The first-order chi connectivity index (χ1) is 11.2. The molecule has 7 heteroatoms. The van der Waals surface area contributed by atoms with Crippen molar-refractivity contribution in [3.63, 3.8) is 0 Å². The van der Waals surface area contributed by atoms with Crippen LogP contribution < -0.4 is 5.32 Å². The number of aromatic nitrogens is 3. The van der Waals surface area contributed by atoms with Crippen molar-refractivity contribution < 1.29 is 0 Å². The van der Waals surface area contributed by atoms with Crippen molar-refractivity contribution in [3.05, 3.63) is 34.2 Å². The van der Waals surface area contributed by atoms with E-state index in [1.165, 1.54) is 4.88 Å². The van der Waals surface area contributed by atoms with Crippen molar-refractivity contribution in [1.29, 1.82) is 5.26 Å². The third-order valence-electron chi connectivity index (χ3n) is 4.16. The van der Waals surface area contributed by atoms with E-state index in [0.29, 0.717) is 23.5 Å². The molecule has 23 heavy (non-hydrogen) atoms. The maximum absolute atomic E-state index is 9.12. The van der Waals surface area contributed by atoms with Crippen LogP contribution >= 0.6 is 11.3 Å². The molecule has 1 aliphatic heterocycles. The standard InChI is InChI=1S/C16H20N6S/c1-11-9-22(10-13-8-20-12(2)23-13)6-3-14(11)21-16-15(7-17)18-4-5-19-16/h4-5,8,11,14H,3,6,9-10H2,1-2H3,(H,19,21)/t11-,14-/m1/s1. The number of nitrogens with zero attached hydrogens (tertiary/aromatic N) is 5. The normalized spacial score (nSPS) is 21.8. The van der Waals surface area contributed by atoms with Gasteiger partial charge in [-0.05, 0) is 19.3 Å². The molecule has 2 atom stereocenters. The van der Waals surface area contributed by atoms with Crippen molar-refractivity contribution >= 4 is 17.2 Å². The van der Waals surface area contributed by atoms with E-state index in [-0.39, 0.29) is 0 Å². The van der Waals surface area contributed by atoms with Gasteiger partial charge in [0.25, 0.3) is 0 Å². The van der Waals surface area contributed by atoms with Crippen LogP contribution in [-0.4, -0.2) is 39.0 Å². The van der Waals surface area contributed by atoms with Gasteiger partial charge in [-0.15, -0.1) is 11.3 Å². The summed E-state index contributed by atoms with van der Waals surface area (Å²) in [6.45, 7) is 7.31. The smallest absolute Gasteiger partial charge is 0.182 e. The summed E-state index contributed by atoms with van der Waals surface area (Å²) in [7, 11) is 0. The fourth-order valence-corrected chi connectivity index (χ4v) is 3.83. The summed E-state index contributed by atoms with van der Waals surface area (Å²) in [4.78, 5) is 16.4. The number of piperidine rings is 1. The van der Waals surface area contributed by atoms with E-state index >= 15 is 0 Å². The lowest BCUT2D eigenvalue weighted by Crippen LogP contribution is -2.44. The van der Waals surface area contributed by atoms with Crippen LogP contribution in [0.4, 0.5) is 5.82 Å². The number of thiazole rings is 1. The van der Waals surface area contributed by atoms with Crippen LogP contribution in [0, 0.1) is 24.2 Å². The minimum atomic E-state index is 0.318. The number of aryl methyl sites for hydroxylation is 1. The van der Waals surface area contributed by atoms with Gasteiger partial charge >= 0.3 is 0 Å². The molecule has 3 rings (SSSR count). The predicted molar refractivity (Wildman–Crippen MR) is 90.1 cm³/mol. The number of rotatable bonds is 4. The Morgan fingerprint density at radius 3 is 2.91 bits per heavy atom. The molecule has 2 aromatic rings. The number of hydrogen-bond donors (Lipinski definition) is 1. The zero-order valence-electron chi connectivity index (χ0n) is 13.4. The largest absolute Gasteiger partial charge is 0.365 e. The third kappa shape index (κ3) is 3.84. The highest BCUT2D eigenvalue weighted by Gasteiger charge is 2.27. The van der Waals surface area contributed by atoms with Crippen LogP contribution in [0.25, 0.3) is 0 Å². The minimum Gasteiger partial charge on any atom is -0.365 e. The van der Waals surface area contributed by atoms with Crippen molar-refractivity contribution in [2.75, 3.05) is 18.4 Å². The average Bonchev–Trinajstić information content (AvgIpc) is 2.95. The van der Waals surface area contributed by atoms with Gasteiger partial charge in [0.15, 0.2) is 11.5 Å². The summed E-state index contributed by atoms with van der Waals surface area (Å²) in [5, 5.41) is 13.6. The van der Waals surface area contributed by atoms with E-state index in [9.17, 15) is 0 Å². The molecule has 0 radical (unpaired) electrons. The Hall–Kier alpha value is -2.04. The van der Waals surface area contributed by atoms with Crippen LogP contribution in [0.1, 0.15) is 28.9 Å². The monoisotopic (exact) mass is 328 g/mol. The fraction of sp³-hybridized carbons (Fsp3) is 0.500. The van der Waals surface area contributed by atoms with E-state index in [0.717, 1.165) is 31.1 Å². The number of hydrogen-bond acceptors (Lipinski definition) is 7. The number of likely N-dealkylation sites (tertiary alicyclic amines) is 1. The van der Waals surface area contributed by atoms with Crippen molar-refractivity contribution in [1.82, 2.24) is 19.9 Å². The second kappa shape index (κ2) is 7.02. The lowest BCUT2D eigenvalue weighted by Gasteiger charge is -2.37. The molecule has 0 aromatic carbocycles. The molecular formula is C16H20N6S. The van der Waals surface area contributed by atoms with Gasteiger partial charge in [-0.1, -0.05) is 6.92 Å². The lowest BCUT2D eigenvalue weighted by atomic mass is 9.93. The number of anilines is 1. The fourth-order valence-electron chi connectivity index (χ4n) is 2.99. The van der Waals surface area contributed by atoms with Gasteiger partial charge in [0.05, 0.1) is 5.01 Å². The van der Waals surface area contributed by atoms with Crippen molar-refractivity contribution in [3.8, 4) is 6.07 Å². The summed E-state index contributed by atoms with van der Waals surface area (Å²) in [6.07, 6.45) is 6.18. The van der Waals surface area contributed by atoms with Gasteiger partial charge in [-0.2, -0.15) is 5.26 Å². The zero-order valence-corrected chi connectivity index (χ0v) is 14.2. The van der Waals surface area contributed by atoms with Crippen LogP contribution in [0.2, 0.25) is 0 Å². The minimum absolute atomic E-state index is 0.318. The first-order valence-corrected chi connectivity index (χ1v) is 8.58. The molecule has 0 amide bonds. The highest BCUT2D eigenvalue weighted by atomic mass is 32.1. The Balaban J connectivity index is 1.59. The Labute approximate surface area is 140 Å². The van der Waals surface area contributed by atoms with E-state index < -0.39 is 0 Å². The molecule has 0 saturated carbocycles. The van der Waals surface area contributed by atoms with E-state index in [1.807, 2.05) is 13.1 Å². The Bertz CT molecular complexity index is 707. The second-order valence-electron chi connectivity index (χ2n) is 5.96. The molecule has 1 saturated heterocycles.